The number of benzene rings is 3. The maximum absolute atomic E-state index is 12.4. The molecule has 1 N–H and O–H groups in total. The van der Waals surface area contributed by atoms with Crippen molar-refractivity contribution in [1.29, 1.82) is 0 Å². The first-order valence-corrected chi connectivity index (χ1v) is 8.19. The Hall–Kier alpha value is -2.87. The fourth-order valence-corrected chi connectivity index (χ4v) is 3.46. The fourth-order valence-electron chi connectivity index (χ4n) is 3.46. The molecule has 0 aromatic heterocycles. The Morgan fingerprint density at radius 2 is 1.54 bits per heavy atom. The Morgan fingerprint density at radius 3 is 2.25 bits per heavy atom. The number of aromatic hydroxyl groups is 1. The molecule has 1 aliphatic carbocycles. The molecule has 0 atom stereocenters. The molecule has 0 radical (unpaired) electrons. The molecule has 0 fully saturated rings. The Bertz CT molecular complexity index is 922. The van der Waals surface area contributed by atoms with Crippen LogP contribution in [0.4, 0.5) is 0 Å². The predicted octanol–water partition coefficient (Wildman–Crippen LogP) is 5.16. The minimum Gasteiger partial charge on any atom is -0.507 e. The summed E-state index contributed by atoms with van der Waals surface area (Å²) < 4.78 is 0. The molecule has 1 aliphatic rings. The summed E-state index contributed by atoms with van der Waals surface area (Å²) in [6.45, 7) is 2.03. The lowest BCUT2D eigenvalue weighted by molar-refractivity contribution is 0.0995. The minimum absolute atomic E-state index is 0.121. The lowest BCUT2D eigenvalue weighted by atomic mass is 9.90. The normalized spacial score (nSPS) is 13.1. The fraction of sp³-hybridized carbons (Fsp3) is 0.136. The zero-order chi connectivity index (χ0) is 16.7. The van der Waals surface area contributed by atoms with E-state index in [1.54, 1.807) is 0 Å². The third-order valence-electron chi connectivity index (χ3n) is 4.71. The van der Waals surface area contributed by atoms with Crippen molar-refractivity contribution < 1.29 is 9.90 Å². The average molecular weight is 314 g/mol. The second-order valence-corrected chi connectivity index (χ2v) is 6.34. The molecule has 0 spiro atoms. The van der Waals surface area contributed by atoms with Gasteiger partial charge in [0.25, 0.3) is 0 Å². The highest BCUT2D eigenvalue weighted by Gasteiger charge is 2.28. The van der Waals surface area contributed by atoms with Gasteiger partial charge in [-0.15, -0.1) is 0 Å². The number of phenols is 1. The molecule has 0 amide bonds. The third kappa shape index (κ3) is 2.31. The van der Waals surface area contributed by atoms with E-state index in [9.17, 15) is 9.90 Å². The number of carbonyl (C=O) groups excluding carboxylic acids is 1. The number of rotatable bonds is 2. The van der Waals surface area contributed by atoms with Gasteiger partial charge in [-0.2, -0.15) is 0 Å². The highest BCUT2D eigenvalue weighted by molar-refractivity contribution is 6.09. The maximum Gasteiger partial charge on any atom is 0.164 e. The van der Waals surface area contributed by atoms with Crippen molar-refractivity contribution in [2.45, 2.75) is 19.8 Å². The van der Waals surface area contributed by atoms with Crippen molar-refractivity contribution in [2.75, 3.05) is 0 Å². The molecule has 0 aliphatic heterocycles. The van der Waals surface area contributed by atoms with Crippen molar-refractivity contribution in [3.8, 4) is 28.0 Å². The number of Topliss-reactive ketones (excluding diaryl/α,β-unsaturated/α-hetero) is 1. The topological polar surface area (TPSA) is 37.3 Å². The first-order chi connectivity index (χ1) is 11.6. The minimum atomic E-state index is 0.121. The molecule has 4 rings (SSSR count). The lowest BCUT2D eigenvalue weighted by Gasteiger charge is -2.15. The number of ketones is 1. The molecule has 0 bridgehead atoms. The van der Waals surface area contributed by atoms with E-state index in [2.05, 4.69) is 0 Å². The SMILES string of the molecule is Cc1ccc(-c2c(O)c(-c3ccccc3)cc3c2C(=O)CC3)cc1. The number of carbonyl (C=O) groups is 1. The van der Waals surface area contributed by atoms with E-state index in [-0.39, 0.29) is 11.5 Å². The van der Waals surface area contributed by atoms with Crippen LogP contribution in [0.15, 0.2) is 60.7 Å². The van der Waals surface area contributed by atoms with Crippen molar-refractivity contribution in [1.82, 2.24) is 0 Å². The van der Waals surface area contributed by atoms with Gasteiger partial charge < -0.3 is 5.11 Å². The summed E-state index contributed by atoms with van der Waals surface area (Å²) in [6.07, 6.45) is 1.26. The molecule has 0 heterocycles. The summed E-state index contributed by atoms with van der Waals surface area (Å²) in [5, 5.41) is 11.0. The molecule has 3 aromatic rings. The molecule has 0 unspecified atom stereocenters. The molecule has 118 valence electrons. The summed E-state index contributed by atoms with van der Waals surface area (Å²) >= 11 is 0. The van der Waals surface area contributed by atoms with E-state index in [4.69, 9.17) is 0 Å². The second kappa shape index (κ2) is 5.64. The van der Waals surface area contributed by atoms with E-state index in [1.165, 1.54) is 0 Å². The number of hydrogen-bond acceptors (Lipinski definition) is 2. The van der Waals surface area contributed by atoms with Gasteiger partial charge in [0, 0.05) is 23.1 Å². The highest BCUT2D eigenvalue weighted by atomic mass is 16.3. The van der Waals surface area contributed by atoms with Crippen molar-refractivity contribution in [3.05, 3.63) is 77.4 Å². The molecule has 3 aromatic carbocycles. The van der Waals surface area contributed by atoms with Crippen molar-refractivity contribution in [2.24, 2.45) is 0 Å². The Balaban J connectivity index is 2.02. The van der Waals surface area contributed by atoms with Crippen molar-refractivity contribution in [3.63, 3.8) is 0 Å². The Morgan fingerprint density at radius 1 is 0.833 bits per heavy atom. The Labute approximate surface area is 141 Å². The monoisotopic (exact) mass is 314 g/mol. The van der Waals surface area contributed by atoms with E-state index in [0.29, 0.717) is 17.5 Å². The first-order valence-electron chi connectivity index (χ1n) is 8.19. The number of fused-ring (bicyclic) bond motifs is 1. The van der Waals surface area contributed by atoms with Gasteiger partial charge in [-0.1, -0.05) is 60.2 Å². The van der Waals surface area contributed by atoms with Gasteiger partial charge >= 0.3 is 0 Å². The maximum atomic E-state index is 12.4. The second-order valence-electron chi connectivity index (χ2n) is 6.34. The zero-order valence-electron chi connectivity index (χ0n) is 13.5. The lowest BCUT2D eigenvalue weighted by Crippen LogP contribution is -1.98. The van der Waals surface area contributed by atoms with E-state index >= 15 is 0 Å². The van der Waals surface area contributed by atoms with Crippen LogP contribution >= 0.6 is 0 Å². The van der Waals surface area contributed by atoms with Gasteiger partial charge in [-0.3, -0.25) is 4.79 Å². The molecule has 2 nitrogen and oxygen atoms in total. The van der Waals surface area contributed by atoms with Gasteiger partial charge in [0.05, 0.1) is 0 Å². The predicted molar refractivity (Wildman–Crippen MR) is 96.4 cm³/mol. The van der Waals surface area contributed by atoms with E-state index in [0.717, 1.165) is 34.2 Å². The quantitative estimate of drug-likeness (QED) is 0.709. The molecular formula is C22H18O2. The largest absolute Gasteiger partial charge is 0.507 e. The molecule has 24 heavy (non-hydrogen) atoms. The summed E-state index contributed by atoms with van der Waals surface area (Å²) in [5.74, 6) is 0.314. The van der Waals surface area contributed by atoms with Gasteiger partial charge in [-0.25, -0.2) is 0 Å². The number of hydrogen-bond donors (Lipinski definition) is 1. The van der Waals surface area contributed by atoms with Crippen LogP contribution in [0, 0.1) is 6.92 Å². The first kappa shape index (κ1) is 14.7. The zero-order valence-corrected chi connectivity index (χ0v) is 13.5. The van der Waals surface area contributed by atoms with Crippen LogP contribution in [0.3, 0.4) is 0 Å². The Kier molecular flexibility index (Phi) is 3.46. The highest BCUT2D eigenvalue weighted by Crippen LogP contribution is 2.45. The summed E-state index contributed by atoms with van der Waals surface area (Å²) in [5.41, 5.74) is 6.20. The van der Waals surface area contributed by atoms with E-state index < -0.39 is 0 Å². The summed E-state index contributed by atoms with van der Waals surface area (Å²) in [4.78, 5) is 12.4. The van der Waals surface area contributed by atoms with Crippen LogP contribution < -0.4 is 0 Å². The van der Waals surface area contributed by atoms with Crippen LogP contribution in [0.5, 0.6) is 5.75 Å². The van der Waals surface area contributed by atoms with E-state index in [1.807, 2.05) is 67.6 Å². The number of phenolic OH excluding ortho intramolecular Hbond substituents is 1. The van der Waals surface area contributed by atoms with Crippen LogP contribution in [0.2, 0.25) is 0 Å². The van der Waals surface area contributed by atoms with Gasteiger partial charge in [-0.05, 0) is 36.1 Å². The number of aryl methyl sites for hydroxylation is 2. The van der Waals surface area contributed by atoms with Crippen LogP contribution in [0.25, 0.3) is 22.3 Å². The average Bonchev–Trinajstić information content (AvgIpc) is 2.97. The molecule has 0 saturated carbocycles. The standard InChI is InChI=1S/C22H18O2/c1-14-7-9-16(10-8-14)21-20-17(11-12-19(20)23)13-18(22(21)24)15-5-3-2-4-6-15/h2-10,13,24H,11-12H2,1H3. The smallest absolute Gasteiger partial charge is 0.164 e. The van der Waals surface area contributed by atoms with Gasteiger partial charge in [0.1, 0.15) is 5.75 Å². The summed E-state index contributed by atoms with van der Waals surface area (Å²) in [7, 11) is 0. The van der Waals surface area contributed by atoms with Gasteiger partial charge in [0.15, 0.2) is 5.78 Å². The molecular weight excluding hydrogens is 296 g/mol. The molecule has 2 heteroatoms. The van der Waals surface area contributed by atoms with Crippen LogP contribution in [-0.4, -0.2) is 10.9 Å². The van der Waals surface area contributed by atoms with Crippen LogP contribution in [0.1, 0.15) is 27.9 Å². The molecule has 0 saturated heterocycles. The summed E-state index contributed by atoms with van der Waals surface area (Å²) in [6, 6.07) is 19.8. The van der Waals surface area contributed by atoms with Crippen LogP contribution in [-0.2, 0) is 6.42 Å². The van der Waals surface area contributed by atoms with Gasteiger partial charge in [0.2, 0.25) is 0 Å². The van der Waals surface area contributed by atoms with Crippen molar-refractivity contribution >= 4 is 5.78 Å². The third-order valence-corrected chi connectivity index (χ3v) is 4.71.